The predicted molar refractivity (Wildman–Crippen MR) is 96.3 cm³/mol. The Bertz CT molecular complexity index is 692. The number of nitrogens with one attached hydrogen (secondary N) is 2. The van der Waals surface area contributed by atoms with Gasteiger partial charge in [0.1, 0.15) is 0 Å². The van der Waals surface area contributed by atoms with Gasteiger partial charge in [0.25, 0.3) is 0 Å². The highest BCUT2D eigenvalue weighted by Crippen LogP contribution is 2.49. The lowest BCUT2D eigenvalue weighted by Gasteiger charge is -2.28. The van der Waals surface area contributed by atoms with Gasteiger partial charge < -0.3 is 15.2 Å². The van der Waals surface area contributed by atoms with Gasteiger partial charge in [-0.25, -0.2) is 4.79 Å². The number of nitrogens with zero attached hydrogens (tertiary/aromatic N) is 1. The van der Waals surface area contributed by atoms with Gasteiger partial charge in [-0.1, -0.05) is 6.42 Å². The predicted octanol–water partition coefficient (Wildman–Crippen LogP) is 4.42. The van der Waals surface area contributed by atoms with Gasteiger partial charge in [0.2, 0.25) is 0 Å². The number of rotatable bonds is 4. The minimum atomic E-state index is -0.0982. The van der Waals surface area contributed by atoms with Crippen LogP contribution in [-0.4, -0.2) is 16.6 Å². The third-order valence-corrected chi connectivity index (χ3v) is 5.82. The third kappa shape index (κ3) is 3.05. The van der Waals surface area contributed by atoms with Crippen molar-refractivity contribution < 1.29 is 4.79 Å². The molecule has 4 unspecified atom stereocenters. The summed E-state index contributed by atoms with van der Waals surface area (Å²) in [4.78, 5) is 12.3. The molecule has 4 nitrogen and oxygen atoms in total. The highest BCUT2D eigenvalue weighted by molar-refractivity contribution is 5.89. The molecule has 1 aromatic heterocycles. The van der Waals surface area contributed by atoms with Gasteiger partial charge in [-0.2, -0.15) is 0 Å². The number of amides is 2. The topological polar surface area (TPSA) is 46.1 Å². The Morgan fingerprint density at radius 3 is 2.50 bits per heavy atom. The van der Waals surface area contributed by atoms with Crippen LogP contribution in [0.5, 0.6) is 0 Å². The van der Waals surface area contributed by atoms with Gasteiger partial charge >= 0.3 is 6.03 Å². The second-order valence-electron chi connectivity index (χ2n) is 7.36. The molecule has 1 heterocycles. The maximum atomic E-state index is 12.3. The maximum Gasteiger partial charge on any atom is 0.319 e. The zero-order valence-corrected chi connectivity index (χ0v) is 14.1. The summed E-state index contributed by atoms with van der Waals surface area (Å²) in [5, 5.41) is 6.10. The Balaban J connectivity index is 1.32. The molecule has 4 atom stereocenters. The van der Waals surface area contributed by atoms with Gasteiger partial charge in [0, 0.05) is 29.8 Å². The molecule has 2 fully saturated rings. The molecule has 0 aliphatic heterocycles. The lowest BCUT2D eigenvalue weighted by Crippen LogP contribution is -2.42. The van der Waals surface area contributed by atoms with Crippen molar-refractivity contribution in [2.24, 2.45) is 17.8 Å². The first-order valence-corrected chi connectivity index (χ1v) is 9.00. The second-order valence-corrected chi connectivity index (χ2v) is 7.36. The fraction of sp³-hybridized carbons (Fsp3) is 0.450. The van der Waals surface area contributed by atoms with E-state index in [1.165, 1.54) is 25.7 Å². The Morgan fingerprint density at radius 2 is 1.88 bits per heavy atom. The van der Waals surface area contributed by atoms with Gasteiger partial charge in [-0.05, 0) is 80.3 Å². The molecule has 2 amide bonds. The molecular formula is C20H25N3O. The zero-order chi connectivity index (χ0) is 16.5. The number of benzene rings is 1. The lowest BCUT2D eigenvalue weighted by atomic mass is 9.84. The number of urea groups is 1. The molecule has 2 N–H and O–H groups in total. The number of hydrogen-bond acceptors (Lipinski definition) is 1. The van der Waals surface area contributed by atoms with Crippen molar-refractivity contribution in [3.63, 3.8) is 0 Å². The summed E-state index contributed by atoms with van der Waals surface area (Å²) < 4.78 is 2.04. The van der Waals surface area contributed by atoms with Crippen molar-refractivity contribution >= 4 is 11.7 Å². The van der Waals surface area contributed by atoms with Crippen molar-refractivity contribution in [1.82, 2.24) is 9.88 Å². The molecule has 4 rings (SSSR count). The molecule has 1 aromatic carbocycles. The Morgan fingerprint density at radius 1 is 1.12 bits per heavy atom. The van der Waals surface area contributed by atoms with Crippen LogP contribution in [0.1, 0.15) is 32.6 Å². The highest BCUT2D eigenvalue weighted by Gasteiger charge is 2.42. The number of anilines is 1. The van der Waals surface area contributed by atoms with Crippen LogP contribution in [0.3, 0.4) is 0 Å². The van der Waals surface area contributed by atoms with Crippen LogP contribution < -0.4 is 10.6 Å². The van der Waals surface area contributed by atoms with E-state index >= 15 is 0 Å². The quantitative estimate of drug-likeness (QED) is 0.859. The van der Waals surface area contributed by atoms with Crippen LogP contribution in [-0.2, 0) is 0 Å². The van der Waals surface area contributed by atoms with Gasteiger partial charge in [-0.15, -0.1) is 0 Å². The number of carbonyl (C=O) groups is 1. The number of aromatic nitrogens is 1. The SMILES string of the molecule is CC(NC(=O)Nc1ccc(-n2cccc2)cc1)C1CC2CCC1C2. The first-order chi connectivity index (χ1) is 11.7. The minimum Gasteiger partial charge on any atom is -0.335 e. The molecule has 126 valence electrons. The van der Waals surface area contributed by atoms with Crippen LogP contribution in [0.25, 0.3) is 5.69 Å². The smallest absolute Gasteiger partial charge is 0.319 e. The van der Waals surface area contributed by atoms with Crippen molar-refractivity contribution in [3.05, 3.63) is 48.8 Å². The van der Waals surface area contributed by atoms with E-state index in [0.717, 1.165) is 23.2 Å². The molecule has 0 saturated heterocycles. The maximum absolute atomic E-state index is 12.3. The largest absolute Gasteiger partial charge is 0.335 e. The average molecular weight is 323 g/mol. The Labute approximate surface area is 143 Å². The lowest BCUT2D eigenvalue weighted by molar-refractivity contribution is 0.230. The first-order valence-electron chi connectivity index (χ1n) is 9.00. The van der Waals surface area contributed by atoms with Crippen LogP contribution >= 0.6 is 0 Å². The van der Waals surface area contributed by atoms with E-state index in [2.05, 4.69) is 17.6 Å². The molecular weight excluding hydrogens is 298 g/mol. The summed E-state index contributed by atoms with van der Waals surface area (Å²) in [6.45, 7) is 2.15. The van der Waals surface area contributed by atoms with Crippen LogP contribution in [0, 0.1) is 17.8 Å². The molecule has 2 aromatic rings. The van der Waals surface area contributed by atoms with E-state index in [9.17, 15) is 4.79 Å². The summed E-state index contributed by atoms with van der Waals surface area (Å²) >= 11 is 0. The molecule has 2 saturated carbocycles. The normalized spacial score (nSPS) is 26.3. The van der Waals surface area contributed by atoms with Crippen molar-refractivity contribution in [3.8, 4) is 5.69 Å². The minimum absolute atomic E-state index is 0.0982. The summed E-state index contributed by atoms with van der Waals surface area (Å²) in [6.07, 6.45) is 9.42. The van der Waals surface area contributed by atoms with E-state index in [1.54, 1.807) is 0 Å². The fourth-order valence-electron chi connectivity index (χ4n) is 4.61. The zero-order valence-electron chi connectivity index (χ0n) is 14.1. The Kier molecular flexibility index (Phi) is 4.05. The summed E-state index contributed by atoms with van der Waals surface area (Å²) in [5.74, 6) is 2.39. The molecule has 0 spiro atoms. The molecule has 24 heavy (non-hydrogen) atoms. The third-order valence-electron chi connectivity index (χ3n) is 5.82. The van der Waals surface area contributed by atoms with E-state index in [1.807, 2.05) is 53.4 Å². The summed E-state index contributed by atoms with van der Waals surface area (Å²) in [6, 6.07) is 12.0. The second kappa shape index (κ2) is 6.34. The molecule has 2 aliphatic carbocycles. The molecule has 2 aliphatic rings. The van der Waals surface area contributed by atoms with E-state index in [0.29, 0.717) is 5.92 Å². The summed E-state index contributed by atoms with van der Waals surface area (Å²) in [5.41, 5.74) is 1.91. The fourth-order valence-corrected chi connectivity index (χ4v) is 4.61. The Hall–Kier alpha value is -2.23. The van der Waals surface area contributed by atoms with E-state index in [-0.39, 0.29) is 12.1 Å². The van der Waals surface area contributed by atoms with E-state index in [4.69, 9.17) is 0 Å². The van der Waals surface area contributed by atoms with Crippen LogP contribution in [0.4, 0.5) is 10.5 Å². The molecule has 0 radical (unpaired) electrons. The monoisotopic (exact) mass is 323 g/mol. The number of carbonyl (C=O) groups excluding carboxylic acids is 1. The van der Waals surface area contributed by atoms with E-state index < -0.39 is 0 Å². The van der Waals surface area contributed by atoms with Crippen molar-refractivity contribution in [2.75, 3.05) is 5.32 Å². The van der Waals surface area contributed by atoms with Gasteiger partial charge in [0.05, 0.1) is 0 Å². The summed E-state index contributed by atoms with van der Waals surface area (Å²) in [7, 11) is 0. The van der Waals surface area contributed by atoms with Crippen molar-refractivity contribution in [2.45, 2.75) is 38.6 Å². The van der Waals surface area contributed by atoms with Crippen LogP contribution in [0.15, 0.2) is 48.8 Å². The highest BCUT2D eigenvalue weighted by atomic mass is 16.2. The average Bonchev–Trinajstić information content (AvgIpc) is 3.33. The van der Waals surface area contributed by atoms with Gasteiger partial charge in [-0.3, -0.25) is 0 Å². The number of hydrogen-bond donors (Lipinski definition) is 2. The van der Waals surface area contributed by atoms with Crippen LogP contribution in [0.2, 0.25) is 0 Å². The standard InChI is InChI=1S/C20H25N3O/c1-14(19-13-15-4-5-16(19)12-15)21-20(24)22-17-6-8-18(9-7-17)23-10-2-3-11-23/h2-3,6-11,14-16,19H,4-5,12-13H2,1H3,(H2,21,22,24). The first kappa shape index (κ1) is 15.3. The number of fused-ring (bicyclic) bond motifs is 2. The molecule has 2 bridgehead atoms. The van der Waals surface area contributed by atoms with Crippen molar-refractivity contribution in [1.29, 1.82) is 0 Å². The molecule has 4 heteroatoms. The van der Waals surface area contributed by atoms with Gasteiger partial charge in [0.15, 0.2) is 0 Å².